The standard InChI is InChI=1S/C74H65B2N3O/c1-44-33-46(3)69(47(4)34-44)50-37-64-71-65(38-50)79(54-29-30-55-56(41-54)74(9,10)32-31-73(55,7)8)61-27-19-17-25-57(61)75(71)59-42-60-63(43-62(59)77(64)52-21-13-11-14-22-52)78(53-23-15-12-16-24-53)66-39-51(70-48(5)35-45(2)36-49(70)6)40-68-72(66)76(60)58-26-18-20-28-67(58)80-68/h11-30,33-43H,31-32H2,1-10H3. The number of anilines is 9. The van der Waals surface area contributed by atoms with Gasteiger partial charge in [-0.05, 0) is 232 Å². The normalized spacial score (nSPS) is 15.4. The topological polar surface area (TPSA) is 19.0 Å². The van der Waals surface area contributed by atoms with Gasteiger partial charge in [-0.25, -0.2) is 0 Å². The number of benzene rings is 10. The number of hydrogen-bond acceptors (Lipinski definition) is 4. The van der Waals surface area contributed by atoms with Crippen molar-refractivity contribution in [3.63, 3.8) is 0 Å². The average molecular weight is 1030 g/mol. The van der Waals surface area contributed by atoms with Crippen LogP contribution >= 0.6 is 0 Å². The van der Waals surface area contributed by atoms with E-state index in [1.807, 2.05) is 0 Å². The number of hydrogen-bond donors (Lipinski definition) is 0. The SMILES string of the molecule is Cc1cc(C)c(-c2cc3c4c(c2)N(c2ccccc2)c2cc5c(cc2B4c2ccccc2O3)B2c3ccccc3N(c3ccc4c(c3)C(C)(C)CCC4(C)C)c3cc(-c4c(C)cc(C)cc4C)cc(c32)N5c2ccccc2)c(C)c1. The summed E-state index contributed by atoms with van der Waals surface area (Å²) in [6.07, 6.45) is 2.32. The van der Waals surface area contributed by atoms with Gasteiger partial charge < -0.3 is 19.4 Å². The molecule has 4 heterocycles. The van der Waals surface area contributed by atoms with Crippen LogP contribution in [0.3, 0.4) is 0 Å². The zero-order valence-electron chi connectivity index (χ0n) is 47.7. The second-order valence-corrected chi connectivity index (χ2v) is 25.1. The predicted molar refractivity (Wildman–Crippen MR) is 341 cm³/mol. The summed E-state index contributed by atoms with van der Waals surface area (Å²) in [6, 6.07) is 72.0. The van der Waals surface area contributed by atoms with Crippen LogP contribution in [0.5, 0.6) is 11.5 Å². The van der Waals surface area contributed by atoms with Crippen molar-refractivity contribution in [3.8, 4) is 33.8 Å². The molecule has 4 nitrogen and oxygen atoms in total. The Hall–Kier alpha value is -8.47. The molecule has 10 aromatic rings. The van der Waals surface area contributed by atoms with Crippen LogP contribution in [0, 0.1) is 41.5 Å². The minimum atomic E-state index is -0.0983. The molecule has 0 radical (unpaired) electrons. The number of para-hydroxylation sites is 4. The van der Waals surface area contributed by atoms with Crippen molar-refractivity contribution in [2.75, 3.05) is 14.7 Å². The quantitative estimate of drug-likeness (QED) is 0.160. The van der Waals surface area contributed by atoms with E-state index in [4.69, 9.17) is 4.74 Å². The molecule has 10 aromatic carbocycles. The third-order valence-electron chi connectivity index (χ3n) is 18.8. The maximum absolute atomic E-state index is 7.18. The summed E-state index contributed by atoms with van der Waals surface area (Å²) in [5.74, 6) is 1.82. The molecular formula is C74H65B2N3O. The van der Waals surface area contributed by atoms with Gasteiger partial charge in [-0.3, -0.25) is 0 Å². The maximum atomic E-state index is 7.18. The first kappa shape index (κ1) is 48.6. The Morgan fingerprint density at radius 1 is 0.350 bits per heavy atom. The van der Waals surface area contributed by atoms with Gasteiger partial charge in [-0.15, -0.1) is 0 Å². The smallest absolute Gasteiger partial charge is 0.256 e. The van der Waals surface area contributed by atoms with Gasteiger partial charge in [-0.1, -0.05) is 148 Å². The van der Waals surface area contributed by atoms with E-state index >= 15 is 0 Å². The van der Waals surface area contributed by atoms with Crippen LogP contribution in [0.25, 0.3) is 22.3 Å². The lowest BCUT2D eigenvalue weighted by molar-refractivity contribution is 0.332. The van der Waals surface area contributed by atoms with Crippen LogP contribution in [0.1, 0.15) is 85.0 Å². The van der Waals surface area contributed by atoms with Crippen molar-refractivity contribution in [1.29, 1.82) is 0 Å². The van der Waals surface area contributed by atoms with Gasteiger partial charge in [-0.2, -0.15) is 0 Å². The van der Waals surface area contributed by atoms with Crippen LogP contribution in [-0.4, -0.2) is 13.4 Å². The monoisotopic (exact) mass is 1030 g/mol. The van der Waals surface area contributed by atoms with E-state index in [9.17, 15) is 0 Å². The van der Waals surface area contributed by atoms with Crippen LogP contribution in [0.2, 0.25) is 0 Å². The van der Waals surface area contributed by atoms with Crippen LogP contribution < -0.4 is 52.2 Å². The Morgan fingerprint density at radius 3 is 1.39 bits per heavy atom. The number of fused-ring (bicyclic) bond motifs is 9. The van der Waals surface area contributed by atoms with Crippen molar-refractivity contribution in [3.05, 3.63) is 233 Å². The fraction of sp³-hybridized carbons (Fsp3) is 0.189. The molecule has 6 heteroatoms. The number of aryl methyl sites for hydroxylation is 6. The van der Waals surface area contributed by atoms with Crippen molar-refractivity contribution < 1.29 is 4.74 Å². The summed E-state index contributed by atoms with van der Waals surface area (Å²) in [6.45, 7) is 23.1. The highest BCUT2D eigenvalue weighted by Gasteiger charge is 2.48. The van der Waals surface area contributed by atoms with E-state index < -0.39 is 0 Å². The Bertz CT molecular complexity index is 4230. The predicted octanol–water partition coefficient (Wildman–Crippen LogP) is 15.7. The van der Waals surface area contributed by atoms with Gasteiger partial charge >= 0.3 is 0 Å². The van der Waals surface area contributed by atoms with Crippen molar-refractivity contribution >= 4 is 97.4 Å². The largest absolute Gasteiger partial charge is 0.458 e. The summed E-state index contributed by atoms with van der Waals surface area (Å²) >= 11 is 0. The Balaban J connectivity index is 1.06. The highest BCUT2D eigenvalue weighted by atomic mass is 16.5. The van der Waals surface area contributed by atoms with Gasteiger partial charge in [0.05, 0.1) is 0 Å². The van der Waals surface area contributed by atoms with Gasteiger partial charge in [0, 0.05) is 51.2 Å². The zero-order valence-corrected chi connectivity index (χ0v) is 47.7. The molecule has 0 fully saturated rings. The highest BCUT2D eigenvalue weighted by molar-refractivity contribution is 7.02. The molecule has 0 unspecified atom stereocenters. The molecule has 0 bridgehead atoms. The summed E-state index contributed by atoms with van der Waals surface area (Å²) in [7, 11) is 0. The maximum Gasteiger partial charge on any atom is 0.256 e. The van der Waals surface area contributed by atoms with E-state index in [-0.39, 0.29) is 24.3 Å². The van der Waals surface area contributed by atoms with Gasteiger partial charge in [0.25, 0.3) is 13.4 Å². The molecule has 0 saturated carbocycles. The van der Waals surface area contributed by atoms with Crippen LogP contribution in [0.4, 0.5) is 51.2 Å². The van der Waals surface area contributed by atoms with E-state index in [1.54, 1.807) is 0 Å². The first-order chi connectivity index (χ1) is 38.6. The number of ether oxygens (including phenoxy) is 1. The lowest BCUT2D eigenvalue weighted by atomic mass is 9.30. The first-order valence-corrected chi connectivity index (χ1v) is 28.8. The molecule has 5 aliphatic rings. The van der Waals surface area contributed by atoms with Crippen LogP contribution in [0.15, 0.2) is 188 Å². The molecule has 4 aliphatic heterocycles. The van der Waals surface area contributed by atoms with Gasteiger partial charge in [0.15, 0.2) is 0 Å². The van der Waals surface area contributed by atoms with Crippen molar-refractivity contribution in [1.82, 2.24) is 0 Å². The Morgan fingerprint density at radius 2 is 0.812 bits per heavy atom. The van der Waals surface area contributed by atoms with E-state index in [0.717, 1.165) is 40.5 Å². The molecule has 15 rings (SSSR count). The van der Waals surface area contributed by atoms with E-state index in [1.165, 1.54) is 135 Å². The minimum Gasteiger partial charge on any atom is -0.458 e. The molecule has 0 saturated heterocycles. The van der Waals surface area contributed by atoms with Crippen LogP contribution in [-0.2, 0) is 10.8 Å². The summed E-state index contributed by atoms with van der Waals surface area (Å²) in [5.41, 5.74) is 33.8. The summed E-state index contributed by atoms with van der Waals surface area (Å²) in [4.78, 5) is 7.77. The first-order valence-electron chi connectivity index (χ1n) is 28.8. The molecule has 1 aliphatic carbocycles. The third kappa shape index (κ3) is 7.16. The molecule has 0 spiro atoms. The second-order valence-electron chi connectivity index (χ2n) is 25.1. The molecule has 388 valence electrons. The van der Waals surface area contributed by atoms with Crippen molar-refractivity contribution in [2.24, 2.45) is 0 Å². The summed E-state index contributed by atoms with van der Waals surface area (Å²) < 4.78 is 7.18. The zero-order chi connectivity index (χ0) is 54.7. The van der Waals surface area contributed by atoms with Gasteiger partial charge in [0.1, 0.15) is 11.5 Å². The lowest BCUT2D eigenvalue weighted by Crippen LogP contribution is -2.64. The Kier molecular flexibility index (Phi) is 10.6. The second kappa shape index (κ2) is 17.5. The van der Waals surface area contributed by atoms with E-state index in [0.29, 0.717) is 0 Å². The molecule has 80 heavy (non-hydrogen) atoms. The molecule has 0 N–H and O–H groups in total. The Labute approximate surface area is 473 Å². The number of rotatable bonds is 5. The number of nitrogens with zero attached hydrogens (tertiary/aromatic N) is 3. The lowest BCUT2D eigenvalue weighted by Gasteiger charge is -2.47. The molecule has 0 aromatic heterocycles. The fourth-order valence-electron chi connectivity index (χ4n) is 15.4. The molecule has 0 amide bonds. The molecular weight excluding hydrogens is 968 g/mol. The fourth-order valence-corrected chi connectivity index (χ4v) is 15.4. The van der Waals surface area contributed by atoms with Gasteiger partial charge in [0.2, 0.25) is 0 Å². The van der Waals surface area contributed by atoms with E-state index in [2.05, 4.69) is 272 Å². The highest BCUT2D eigenvalue weighted by Crippen LogP contribution is 2.52. The summed E-state index contributed by atoms with van der Waals surface area (Å²) in [5, 5.41) is 0. The third-order valence-corrected chi connectivity index (χ3v) is 18.8. The average Bonchev–Trinajstić information content (AvgIpc) is 1.68. The van der Waals surface area contributed by atoms with Crippen molar-refractivity contribution in [2.45, 2.75) is 92.9 Å². The minimum absolute atomic E-state index is 0.0350. The molecule has 0 atom stereocenters.